The van der Waals surface area contributed by atoms with Gasteiger partial charge in [-0.15, -0.1) is 0 Å². The summed E-state index contributed by atoms with van der Waals surface area (Å²) in [4.78, 5) is 17.1. The number of amidine groups is 2. The van der Waals surface area contributed by atoms with Crippen LogP contribution in [0.5, 0.6) is 0 Å². The summed E-state index contributed by atoms with van der Waals surface area (Å²) in [6, 6.07) is 20.4. The van der Waals surface area contributed by atoms with Crippen molar-refractivity contribution < 1.29 is 4.79 Å². The number of nitrogens with one attached hydrogen (secondary N) is 1. The molecule has 35 heavy (non-hydrogen) atoms. The predicted molar refractivity (Wildman–Crippen MR) is 145 cm³/mol. The van der Waals surface area contributed by atoms with Gasteiger partial charge >= 0.3 is 0 Å². The number of carbonyl (C=O) groups is 1. The van der Waals surface area contributed by atoms with Crippen molar-refractivity contribution in [1.82, 2.24) is 9.58 Å². The summed E-state index contributed by atoms with van der Waals surface area (Å²) in [5.41, 5.74) is 6.53. The van der Waals surface area contributed by atoms with E-state index in [4.69, 9.17) is 5.41 Å². The molecule has 0 radical (unpaired) electrons. The molecular formula is C28H27N5OS. The highest BCUT2D eigenvalue weighted by atomic mass is 32.2. The predicted octanol–water partition coefficient (Wildman–Crippen LogP) is 6.28. The lowest BCUT2D eigenvalue weighted by atomic mass is 9.98. The van der Waals surface area contributed by atoms with E-state index >= 15 is 0 Å². The quantitative estimate of drug-likeness (QED) is 0.436. The van der Waals surface area contributed by atoms with E-state index in [1.165, 1.54) is 22.3 Å². The largest absolute Gasteiger partial charge is 0.318 e. The number of benzene rings is 2. The zero-order valence-corrected chi connectivity index (χ0v) is 21.1. The van der Waals surface area contributed by atoms with Crippen molar-refractivity contribution in [3.8, 4) is 5.69 Å². The van der Waals surface area contributed by atoms with Gasteiger partial charge in [0.05, 0.1) is 5.57 Å². The number of amides is 1. The van der Waals surface area contributed by atoms with Gasteiger partial charge in [0.2, 0.25) is 5.17 Å². The van der Waals surface area contributed by atoms with Crippen molar-refractivity contribution in [3.63, 3.8) is 0 Å². The Morgan fingerprint density at radius 3 is 2.49 bits per heavy atom. The van der Waals surface area contributed by atoms with E-state index in [9.17, 15) is 4.79 Å². The van der Waals surface area contributed by atoms with Crippen molar-refractivity contribution in [2.24, 2.45) is 10.1 Å². The molecule has 2 aliphatic heterocycles. The molecule has 6 nitrogen and oxygen atoms in total. The SMILES string of the molecule is CCC(C)c1ccc(-n2c(C)cc(C=C3C(=N)N4N=C(c5ccccc5)SC4=NC3=O)c2C)cc1. The van der Waals surface area contributed by atoms with Gasteiger partial charge in [0.25, 0.3) is 5.91 Å². The number of aliphatic imine (C=N–C) groups is 1. The minimum atomic E-state index is -0.416. The Balaban J connectivity index is 1.47. The van der Waals surface area contributed by atoms with Crippen LogP contribution in [0.2, 0.25) is 0 Å². The molecule has 0 aliphatic carbocycles. The second-order valence-electron chi connectivity index (χ2n) is 8.85. The number of hydrogen-bond donors (Lipinski definition) is 1. The normalized spacial score (nSPS) is 17.5. The first kappa shape index (κ1) is 23.1. The Hall–Kier alpha value is -3.71. The number of thioether (sulfide) groups is 1. The van der Waals surface area contributed by atoms with Gasteiger partial charge in [0, 0.05) is 22.6 Å². The summed E-state index contributed by atoms with van der Waals surface area (Å²) >= 11 is 1.31. The van der Waals surface area contributed by atoms with E-state index in [2.05, 4.69) is 59.7 Å². The average molecular weight is 482 g/mol. The van der Waals surface area contributed by atoms with Crippen LogP contribution in [0.15, 0.2) is 76.3 Å². The number of aryl methyl sites for hydroxylation is 1. The highest BCUT2D eigenvalue weighted by Gasteiger charge is 2.36. The molecule has 5 rings (SSSR count). The number of nitrogens with zero attached hydrogens (tertiary/aromatic N) is 4. The van der Waals surface area contributed by atoms with Crippen LogP contribution < -0.4 is 0 Å². The van der Waals surface area contributed by atoms with Crippen LogP contribution in [0.4, 0.5) is 0 Å². The van der Waals surface area contributed by atoms with Crippen molar-refractivity contribution in [2.45, 2.75) is 40.0 Å². The third-order valence-electron chi connectivity index (χ3n) is 6.58. The minimum Gasteiger partial charge on any atom is -0.318 e. The van der Waals surface area contributed by atoms with Crippen LogP contribution in [0, 0.1) is 19.3 Å². The monoisotopic (exact) mass is 481 g/mol. The third kappa shape index (κ3) is 4.17. The Kier molecular flexibility index (Phi) is 6.03. The van der Waals surface area contributed by atoms with E-state index in [0.29, 0.717) is 11.1 Å². The van der Waals surface area contributed by atoms with Gasteiger partial charge in [-0.3, -0.25) is 10.2 Å². The van der Waals surface area contributed by atoms with Gasteiger partial charge in [-0.1, -0.05) is 56.3 Å². The molecule has 1 aromatic heterocycles. The molecule has 1 amide bonds. The standard InChI is InChI=1S/C28H27N5OS/c1-5-17(2)20-11-13-23(14-12-20)32-18(3)15-22(19(32)4)16-24-25(29)33-28(30-26(24)34)35-27(31-33)21-9-7-6-8-10-21/h6-17,29H,5H2,1-4H3. The van der Waals surface area contributed by atoms with E-state index in [-0.39, 0.29) is 11.4 Å². The number of hydrazone groups is 1. The van der Waals surface area contributed by atoms with Crippen LogP contribution >= 0.6 is 11.8 Å². The van der Waals surface area contributed by atoms with E-state index < -0.39 is 5.91 Å². The molecule has 0 saturated heterocycles. The van der Waals surface area contributed by atoms with Gasteiger partial charge in [-0.2, -0.15) is 15.1 Å². The summed E-state index contributed by atoms with van der Waals surface area (Å²) in [7, 11) is 0. The minimum absolute atomic E-state index is 0.0427. The van der Waals surface area contributed by atoms with Gasteiger partial charge in [0.15, 0.2) is 5.84 Å². The van der Waals surface area contributed by atoms with Gasteiger partial charge in [0.1, 0.15) is 5.04 Å². The maximum absolute atomic E-state index is 12.9. The number of hydrogen-bond acceptors (Lipinski definition) is 4. The number of aromatic nitrogens is 1. The van der Waals surface area contributed by atoms with Crippen LogP contribution in [0.1, 0.15) is 54.3 Å². The first-order valence-corrected chi connectivity index (χ1v) is 12.5. The molecule has 2 aliphatic rings. The fourth-order valence-corrected chi connectivity index (χ4v) is 5.26. The van der Waals surface area contributed by atoms with Gasteiger partial charge in [-0.25, -0.2) is 0 Å². The summed E-state index contributed by atoms with van der Waals surface area (Å²) in [6.45, 7) is 8.52. The van der Waals surface area contributed by atoms with Crippen molar-refractivity contribution in [1.29, 1.82) is 5.41 Å². The van der Waals surface area contributed by atoms with Gasteiger partial charge < -0.3 is 4.57 Å². The maximum Gasteiger partial charge on any atom is 0.283 e. The molecule has 0 spiro atoms. The van der Waals surface area contributed by atoms with E-state index in [1.54, 1.807) is 6.08 Å². The number of rotatable bonds is 5. The van der Waals surface area contributed by atoms with Crippen LogP contribution in [0.25, 0.3) is 11.8 Å². The second-order valence-corrected chi connectivity index (χ2v) is 9.81. The number of carbonyl (C=O) groups excluding carboxylic acids is 1. The fourth-order valence-electron chi connectivity index (χ4n) is 4.36. The Morgan fingerprint density at radius 1 is 1.09 bits per heavy atom. The average Bonchev–Trinajstić information content (AvgIpc) is 3.42. The van der Waals surface area contributed by atoms with E-state index in [1.807, 2.05) is 43.3 Å². The first-order valence-electron chi connectivity index (χ1n) is 11.7. The summed E-state index contributed by atoms with van der Waals surface area (Å²) in [5.74, 6) is 0.154. The smallest absolute Gasteiger partial charge is 0.283 e. The molecule has 1 unspecified atom stereocenters. The zero-order valence-electron chi connectivity index (χ0n) is 20.2. The molecule has 3 heterocycles. The number of fused-ring (bicyclic) bond motifs is 1. The lowest BCUT2D eigenvalue weighted by molar-refractivity contribution is -0.114. The molecule has 0 saturated carbocycles. The summed E-state index contributed by atoms with van der Waals surface area (Å²) < 4.78 is 2.18. The topological polar surface area (TPSA) is 73.8 Å². The van der Waals surface area contributed by atoms with Crippen LogP contribution in [0.3, 0.4) is 0 Å². The lowest BCUT2D eigenvalue weighted by Crippen LogP contribution is -2.35. The third-order valence-corrected chi connectivity index (χ3v) is 7.54. The Bertz CT molecular complexity index is 1410. The molecule has 1 atom stereocenters. The van der Waals surface area contributed by atoms with Crippen molar-refractivity contribution >= 4 is 39.8 Å². The second kappa shape index (κ2) is 9.15. The molecular weight excluding hydrogens is 454 g/mol. The van der Waals surface area contributed by atoms with Crippen LogP contribution in [-0.4, -0.2) is 31.5 Å². The highest BCUT2D eigenvalue weighted by Crippen LogP contribution is 2.32. The van der Waals surface area contributed by atoms with Crippen molar-refractivity contribution in [3.05, 3.63) is 94.3 Å². The lowest BCUT2D eigenvalue weighted by Gasteiger charge is -2.20. The molecule has 3 aromatic rings. The van der Waals surface area contributed by atoms with Crippen LogP contribution in [-0.2, 0) is 4.79 Å². The fraction of sp³-hybridized carbons (Fsp3) is 0.214. The maximum atomic E-state index is 12.9. The molecule has 7 heteroatoms. The summed E-state index contributed by atoms with van der Waals surface area (Å²) in [6.07, 6.45) is 2.87. The molecule has 0 bridgehead atoms. The Morgan fingerprint density at radius 2 is 1.80 bits per heavy atom. The zero-order chi connectivity index (χ0) is 24.7. The molecule has 2 aromatic carbocycles. The molecule has 176 valence electrons. The summed E-state index contributed by atoms with van der Waals surface area (Å²) in [5, 5.41) is 15.9. The first-order chi connectivity index (χ1) is 16.9. The molecule has 0 fully saturated rings. The van der Waals surface area contributed by atoms with E-state index in [0.717, 1.165) is 39.7 Å². The van der Waals surface area contributed by atoms with Crippen molar-refractivity contribution in [2.75, 3.05) is 0 Å². The Labute approximate surface area is 209 Å². The highest BCUT2D eigenvalue weighted by molar-refractivity contribution is 8.27. The molecule has 1 N–H and O–H groups in total. The van der Waals surface area contributed by atoms with Gasteiger partial charge in [-0.05, 0) is 73.4 Å².